The van der Waals surface area contributed by atoms with E-state index in [4.69, 9.17) is 9.47 Å². The maximum Gasteiger partial charge on any atom is 0.243 e. The van der Waals surface area contributed by atoms with Gasteiger partial charge in [-0.3, -0.25) is 4.79 Å². The van der Waals surface area contributed by atoms with Crippen LogP contribution in [0.5, 0.6) is 0 Å². The summed E-state index contributed by atoms with van der Waals surface area (Å²) in [4.78, 5) is 13.3. The Hall–Kier alpha value is -1.48. The topological polar surface area (TPSA) is 84.9 Å². The lowest BCUT2D eigenvalue weighted by atomic mass is 9.89. The van der Waals surface area contributed by atoms with Crippen LogP contribution in [0.3, 0.4) is 0 Å². The molecule has 1 amide bonds. The van der Waals surface area contributed by atoms with Crippen LogP contribution in [0.2, 0.25) is 0 Å². The highest BCUT2D eigenvalue weighted by Gasteiger charge is 2.43. The quantitative estimate of drug-likeness (QED) is 0.819. The normalized spacial score (nSPS) is 31.7. The van der Waals surface area contributed by atoms with Gasteiger partial charge in [-0.1, -0.05) is 24.6 Å². The number of nitrogens with one attached hydrogen (secondary N) is 1. The summed E-state index contributed by atoms with van der Waals surface area (Å²) in [7, 11) is -3.69. The fourth-order valence-electron chi connectivity index (χ4n) is 4.49. The Labute approximate surface area is 166 Å². The predicted molar refractivity (Wildman–Crippen MR) is 103 cm³/mol. The molecule has 7 nitrogen and oxygen atoms in total. The molecule has 28 heavy (non-hydrogen) atoms. The average molecular weight is 409 g/mol. The van der Waals surface area contributed by atoms with Crippen LogP contribution in [-0.4, -0.2) is 62.7 Å². The van der Waals surface area contributed by atoms with Crippen molar-refractivity contribution in [1.82, 2.24) is 9.62 Å². The van der Waals surface area contributed by atoms with Crippen molar-refractivity contribution >= 4 is 15.9 Å². The number of rotatable bonds is 4. The summed E-state index contributed by atoms with van der Waals surface area (Å²) in [5, 5.41) is 3.11. The van der Waals surface area contributed by atoms with Crippen molar-refractivity contribution in [2.24, 2.45) is 0 Å². The van der Waals surface area contributed by atoms with Gasteiger partial charge in [-0.25, -0.2) is 8.42 Å². The molecule has 8 heteroatoms. The molecule has 1 spiro atoms. The molecule has 0 radical (unpaired) electrons. The second kappa shape index (κ2) is 8.10. The number of carbonyl (C=O) groups is 1. The minimum atomic E-state index is -3.69. The molecule has 3 atom stereocenters. The van der Waals surface area contributed by atoms with Gasteiger partial charge in [-0.2, -0.15) is 4.31 Å². The summed E-state index contributed by atoms with van der Waals surface area (Å²) < 4.78 is 39.0. The molecule has 3 aliphatic rings. The molecule has 4 rings (SSSR count). The molecule has 0 saturated carbocycles. The smallest absolute Gasteiger partial charge is 0.243 e. The van der Waals surface area contributed by atoms with Crippen LogP contribution in [0.15, 0.2) is 35.2 Å². The highest BCUT2D eigenvalue weighted by molar-refractivity contribution is 7.89. The van der Waals surface area contributed by atoms with E-state index in [-0.39, 0.29) is 22.4 Å². The van der Waals surface area contributed by atoms with Crippen molar-refractivity contribution < 1.29 is 22.7 Å². The van der Waals surface area contributed by atoms with Gasteiger partial charge in [0.1, 0.15) is 6.04 Å². The molecule has 154 valence electrons. The molecule has 0 bridgehead atoms. The molecule has 1 aromatic rings. The van der Waals surface area contributed by atoms with Crippen molar-refractivity contribution in [3.05, 3.63) is 30.3 Å². The van der Waals surface area contributed by atoms with E-state index in [0.717, 1.165) is 32.1 Å². The number of hydrogen-bond acceptors (Lipinski definition) is 5. The van der Waals surface area contributed by atoms with Gasteiger partial charge >= 0.3 is 0 Å². The SMILES string of the molecule is O=C(N[C@@H]1CCO[C@]2(CCOC2)C1)[C@@H]1CCCCN1S(=O)(=O)c1ccccc1. The molecule has 0 aliphatic carbocycles. The minimum Gasteiger partial charge on any atom is -0.378 e. The molecule has 3 aliphatic heterocycles. The Kier molecular flexibility index (Phi) is 5.73. The maximum absolute atomic E-state index is 13.1. The highest BCUT2D eigenvalue weighted by Crippen LogP contribution is 2.33. The number of benzene rings is 1. The lowest BCUT2D eigenvalue weighted by Gasteiger charge is -2.39. The predicted octanol–water partition coefficient (Wildman–Crippen LogP) is 1.68. The summed E-state index contributed by atoms with van der Waals surface area (Å²) in [6.07, 6.45) is 4.48. The summed E-state index contributed by atoms with van der Waals surface area (Å²) in [5.41, 5.74) is -0.293. The first kappa shape index (κ1) is 19.8. The number of ether oxygens (including phenoxy) is 2. The van der Waals surface area contributed by atoms with Gasteiger partial charge in [0.25, 0.3) is 0 Å². The molecular formula is C20H28N2O5S. The van der Waals surface area contributed by atoms with E-state index >= 15 is 0 Å². The van der Waals surface area contributed by atoms with Gasteiger partial charge < -0.3 is 14.8 Å². The van der Waals surface area contributed by atoms with Crippen molar-refractivity contribution in [2.75, 3.05) is 26.4 Å². The number of amides is 1. The van der Waals surface area contributed by atoms with E-state index in [1.807, 2.05) is 0 Å². The molecular weight excluding hydrogens is 380 g/mol. The fourth-order valence-corrected chi connectivity index (χ4v) is 6.17. The van der Waals surface area contributed by atoms with Gasteiger partial charge in [0.05, 0.1) is 17.1 Å². The molecule has 3 heterocycles. The van der Waals surface area contributed by atoms with Crippen LogP contribution >= 0.6 is 0 Å². The number of hydrogen-bond donors (Lipinski definition) is 1. The number of carbonyl (C=O) groups excluding carboxylic acids is 1. The molecule has 0 aromatic heterocycles. The lowest BCUT2D eigenvalue weighted by Crippen LogP contribution is -2.56. The van der Waals surface area contributed by atoms with Crippen LogP contribution in [0.4, 0.5) is 0 Å². The van der Waals surface area contributed by atoms with Crippen LogP contribution in [0.25, 0.3) is 0 Å². The highest BCUT2D eigenvalue weighted by atomic mass is 32.2. The van der Waals surface area contributed by atoms with E-state index in [9.17, 15) is 13.2 Å². The number of nitrogens with zero attached hydrogens (tertiary/aromatic N) is 1. The summed E-state index contributed by atoms with van der Waals surface area (Å²) in [6, 6.07) is 7.70. The lowest BCUT2D eigenvalue weighted by molar-refractivity contribution is -0.130. The van der Waals surface area contributed by atoms with Crippen molar-refractivity contribution in [1.29, 1.82) is 0 Å². The van der Waals surface area contributed by atoms with Gasteiger partial charge in [0, 0.05) is 32.2 Å². The van der Waals surface area contributed by atoms with E-state index in [1.165, 1.54) is 4.31 Å². The zero-order chi connectivity index (χ0) is 19.6. The summed E-state index contributed by atoms with van der Waals surface area (Å²) >= 11 is 0. The molecule has 3 fully saturated rings. The third-order valence-electron chi connectivity index (χ3n) is 6.01. The van der Waals surface area contributed by atoms with Crippen LogP contribution < -0.4 is 5.32 Å². The van der Waals surface area contributed by atoms with Crippen LogP contribution in [0, 0.1) is 0 Å². The number of sulfonamides is 1. The third-order valence-corrected chi connectivity index (χ3v) is 7.94. The Morgan fingerprint density at radius 2 is 1.96 bits per heavy atom. The Morgan fingerprint density at radius 3 is 2.71 bits per heavy atom. The Balaban J connectivity index is 1.47. The molecule has 3 saturated heterocycles. The van der Waals surface area contributed by atoms with E-state index in [2.05, 4.69) is 5.32 Å². The first-order valence-corrected chi connectivity index (χ1v) is 11.5. The fraction of sp³-hybridized carbons (Fsp3) is 0.650. The maximum atomic E-state index is 13.1. The Bertz CT molecular complexity index is 792. The summed E-state index contributed by atoms with van der Waals surface area (Å²) in [5.74, 6) is -0.194. The standard InChI is InChI=1S/C20H28N2O5S/c23-19(21-16-9-12-27-20(14-16)10-13-26-15-20)18-8-4-5-11-22(18)28(24,25)17-6-2-1-3-7-17/h1-3,6-7,16,18H,4-5,8-15H2,(H,21,23)/t16-,18+,20-/m1/s1. The third kappa shape index (κ3) is 3.96. The Morgan fingerprint density at radius 1 is 1.14 bits per heavy atom. The first-order valence-electron chi connectivity index (χ1n) is 10.1. The van der Waals surface area contributed by atoms with E-state index in [1.54, 1.807) is 30.3 Å². The summed E-state index contributed by atoms with van der Waals surface area (Å²) in [6.45, 7) is 2.22. The van der Waals surface area contributed by atoms with Gasteiger partial charge in [-0.05, 0) is 37.8 Å². The minimum absolute atomic E-state index is 0.00819. The van der Waals surface area contributed by atoms with Crippen LogP contribution in [0.1, 0.15) is 38.5 Å². The monoisotopic (exact) mass is 408 g/mol. The molecule has 1 N–H and O–H groups in total. The zero-order valence-corrected chi connectivity index (χ0v) is 16.8. The second-order valence-electron chi connectivity index (χ2n) is 7.97. The average Bonchev–Trinajstić information content (AvgIpc) is 3.16. The van der Waals surface area contributed by atoms with Gasteiger partial charge in [0.15, 0.2) is 0 Å². The van der Waals surface area contributed by atoms with Crippen molar-refractivity contribution in [3.63, 3.8) is 0 Å². The van der Waals surface area contributed by atoms with Crippen molar-refractivity contribution in [3.8, 4) is 0 Å². The largest absolute Gasteiger partial charge is 0.378 e. The van der Waals surface area contributed by atoms with Gasteiger partial charge in [0.2, 0.25) is 15.9 Å². The van der Waals surface area contributed by atoms with Crippen molar-refractivity contribution in [2.45, 2.75) is 61.1 Å². The molecule has 1 aromatic carbocycles. The zero-order valence-electron chi connectivity index (χ0n) is 16.0. The van der Waals surface area contributed by atoms with E-state index in [0.29, 0.717) is 32.8 Å². The second-order valence-corrected chi connectivity index (χ2v) is 9.86. The van der Waals surface area contributed by atoms with Crippen LogP contribution in [-0.2, 0) is 24.3 Å². The first-order chi connectivity index (χ1) is 13.5. The number of piperidine rings is 1. The van der Waals surface area contributed by atoms with E-state index < -0.39 is 16.1 Å². The molecule has 0 unspecified atom stereocenters. The van der Waals surface area contributed by atoms with Gasteiger partial charge in [-0.15, -0.1) is 0 Å².